The Kier molecular flexibility index (Phi) is 4.49. The highest BCUT2D eigenvalue weighted by Crippen LogP contribution is 2.28. The van der Waals surface area contributed by atoms with E-state index in [0.29, 0.717) is 17.5 Å². The molecule has 0 saturated carbocycles. The Balaban J connectivity index is 1.93. The predicted molar refractivity (Wildman–Crippen MR) is 94.1 cm³/mol. The molecule has 0 atom stereocenters. The molecule has 2 aromatic heterocycles. The Bertz CT molecular complexity index is 958. The average molecular weight is 344 g/mol. The number of thiophene rings is 1. The van der Waals surface area contributed by atoms with Crippen molar-refractivity contribution in [2.75, 3.05) is 0 Å². The summed E-state index contributed by atoms with van der Waals surface area (Å²) in [5, 5.41) is 3.29. The summed E-state index contributed by atoms with van der Waals surface area (Å²) in [4.78, 5) is 26.0. The number of carbonyl (C=O) groups is 1. The highest BCUT2D eigenvalue weighted by atomic mass is 32.1. The van der Waals surface area contributed by atoms with E-state index in [4.69, 9.17) is 0 Å². The molecule has 1 N–H and O–H groups in total. The zero-order valence-corrected chi connectivity index (χ0v) is 14.2. The Hall–Kier alpha value is -2.47. The summed E-state index contributed by atoms with van der Waals surface area (Å²) >= 11 is 1.44. The van der Waals surface area contributed by atoms with Gasteiger partial charge >= 0.3 is 0 Å². The lowest BCUT2D eigenvalue weighted by Gasteiger charge is -2.07. The van der Waals surface area contributed by atoms with Gasteiger partial charge in [0.1, 0.15) is 5.82 Å². The Labute approximate surface area is 142 Å². The van der Waals surface area contributed by atoms with E-state index in [2.05, 4.69) is 5.32 Å². The molecule has 0 saturated heterocycles. The molecule has 1 aromatic carbocycles. The highest BCUT2D eigenvalue weighted by Gasteiger charge is 2.19. The van der Waals surface area contributed by atoms with Crippen LogP contribution >= 0.6 is 11.3 Å². The van der Waals surface area contributed by atoms with Crippen molar-refractivity contribution in [1.82, 2.24) is 9.88 Å². The fraction of sp³-hybridized carbons (Fsp3) is 0.222. The van der Waals surface area contributed by atoms with Crippen molar-refractivity contribution < 1.29 is 9.18 Å². The molecule has 0 unspecified atom stereocenters. The number of nitrogens with one attached hydrogen (secondary N) is 1. The first-order chi connectivity index (χ1) is 11.5. The van der Waals surface area contributed by atoms with Gasteiger partial charge in [0.15, 0.2) is 0 Å². The Morgan fingerprint density at radius 2 is 1.96 bits per heavy atom. The first kappa shape index (κ1) is 16.4. The molecule has 4 nitrogen and oxygen atoms in total. The summed E-state index contributed by atoms with van der Waals surface area (Å²) in [5.41, 5.74) is 1.09. The van der Waals surface area contributed by atoms with E-state index in [1.165, 1.54) is 23.5 Å². The second-order valence-electron chi connectivity index (χ2n) is 5.49. The number of aryl methyl sites for hydroxylation is 2. The maximum atomic E-state index is 12.9. The van der Waals surface area contributed by atoms with E-state index in [0.717, 1.165) is 15.1 Å². The third-order valence-electron chi connectivity index (χ3n) is 3.93. The van der Waals surface area contributed by atoms with E-state index in [9.17, 15) is 14.0 Å². The first-order valence-electron chi connectivity index (χ1n) is 7.66. The molecule has 3 rings (SSSR count). The van der Waals surface area contributed by atoms with Crippen LogP contribution in [0, 0.1) is 12.7 Å². The maximum Gasteiger partial charge on any atom is 0.260 e. The molecule has 3 aromatic rings. The number of aromatic nitrogens is 1. The molecule has 0 aliphatic heterocycles. The number of amides is 1. The number of rotatable bonds is 4. The van der Waals surface area contributed by atoms with Gasteiger partial charge in [-0.05, 0) is 37.6 Å². The second kappa shape index (κ2) is 6.57. The van der Waals surface area contributed by atoms with E-state index >= 15 is 0 Å². The van der Waals surface area contributed by atoms with Gasteiger partial charge in [0.2, 0.25) is 0 Å². The number of halogens is 1. The minimum atomic E-state index is -0.315. The standard InChI is InChI=1S/C18H17FN2O2S/c1-3-21-9-8-14-16(18(21)23)15(11(2)24-14)17(22)20-10-12-4-6-13(19)7-5-12/h4-9H,3,10H2,1-2H3,(H,20,22). The monoisotopic (exact) mass is 344 g/mol. The summed E-state index contributed by atoms with van der Waals surface area (Å²) < 4.78 is 15.3. The third kappa shape index (κ3) is 2.97. The zero-order chi connectivity index (χ0) is 17.3. The smallest absolute Gasteiger partial charge is 0.260 e. The molecule has 0 bridgehead atoms. The summed E-state index contributed by atoms with van der Waals surface area (Å²) in [6.07, 6.45) is 1.75. The molecule has 0 aliphatic carbocycles. The first-order valence-corrected chi connectivity index (χ1v) is 8.48. The minimum absolute atomic E-state index is 0.147. The average Bonchev–Trinajstić information content (AvgIpc) is 2.91. The van der Waals surface area contributed by atoms with Gasteiger partial charge in [0, 0.05) is 28.9 Å². The van der Waals surface area contributed by atoms with E-state index in [1.807, 2.05) is 19.9 Å². The lowest BCUT2D eigenvalue weighted by Crippen LogP contribution is -2.26. The molecule has 0 radical (unpaired) electrons. The van der Waals surface area contributed by atoms with Crippen molar-refractivity contribution in [3.8, 4) is 0 Å². The lowest BCUT2D eigenvalue weighted by molar-refractivity contribution is 0.0952. The van der Waals surface area contributed by atoms with Crippen LogP contribution in [0.15, 0.2) is 41.3 Å². The van der Waals surface area contributed by atoms with Crippen LogP contribution < -0.4 is 10.9 Å². The van der Waals surface area contributed by atoms with Crippen molar-refractivity contribution in [3.63, 3.8) is 0 Å². The molecule has 1 amide bonds. The fourth-order valence-corrected chi connectivity index (χ4v) is 3.71. The van der Waals surface area contributed by atoms with E-state index < -0.39 is 0 Å². The fourth-order valence-electron chi connectivity index (χ4n) is 2.66. The van der Waals surface area contributed by atoms with Crippen LogP contribution in [0.25, 0.3) is 10.1 Å². The van der Waals surface area contributed by atoms with Gasteiger partial charge < -0.3 is 9.88 Å². The van der Waals surface area contributed by atoms with Gasteiger partial charge in [0.05, 0.1) is 10.9 Å². The van der Waals surface area contributed by atoms with Gasteiger partial charge in [-0.25, -0.2) is 4.39 Å². The molecule has 6 heteroatoms. The van der Waals surface area contributed by atoms with E-state index in [-0.39, 0.29) is 23.8 Å². The van der Waals surface area contributed by atoms with Crippen molar-refractivity contribution in [3.05, 3.63) is 68.7 Å². The molecule has 2 heterocycles. The predicted octanol–water partition coefficient (Wildman–Crippen LogP) is 3.46. The Morgan fingerprint density at radius 1 is 1.25 bits per heavy atom. The van der Waals surface area contributed by atoms with Crippen LogP contribution in [0.1, 0.15) is 27.7 Å². The highest BCUT2D eigenvalue weighted by molar-refractivity contribution is 7.19. The van der Waals surface area contributed by atoms with Gasteiger partial charge in [-0.1, -0.05) is 12.1 Å². The van der Waals surface area contributed by atoms with Gasteiger partial charge in [0.25, 0.3) is 11.5 Å². The summed E-state index contributed by atoms with van der Waals surface area (Å²) in [7, 11) is 0. The summed E-state index contributed by atoms with van der Waals surface area (Å²) in [5.74, 6) is -0.598. The van der Waals surface area contributed by atoms with Crippen LogP contribution in [0.5, 0.6) is 0 Å². The van der Waals surface area contributed by atoms with Crippen molar-refractivity contribution in [2.24, 2.45) is 0 Å². The van der Waals surface area contributed by atoms with Crippen molar-refractivity contribution >= 4 is 27.3 Å². The second-order valence-corrected chi connectivity index (χ2v) is 6.74. The molecule has 0 spiro atoms. The summed E-state index contributed by atoms with van der Waals surface area (Å²) in [6.45, 7) is 4.57. The maximum absolute atomic E-state index is 12.9. The lowest BCUT2D eigenvalue weighted by atomic mass is 10.1. The van der Waals surface area contributed by atoms with Gasteiger partial charge in [-0.15, -0.1) is 11.3 Å². The topological polar surface area (TPSA) is 51.1 Å². The van der Waals surface area contributed by atoms with E-state index in [1.54, 1.807) is 22.9 Å². The van der Waals surface area contributed by atoms with Crippen LogP contribution in [-0.2, 0) is 13.1 Å². The molecule has 0 fully saturated rings. The normalized spacial score (nSPS) is 11.0. The molecule has 24 heavy (non-hydrogen) atoms. The van der Waals surface area contributed by atoms with Crippen LogP contribution in [0.4, 0.5) is 4.39 Å². The molecule has 0 aliphatic rings. The number of hydrogen-bond donors (Lipinski definition) is 1. The van der Waals surface area contributed by atoms with Crippen molar-refractivity contribution in [1.29, 1.82) is 0 Å². The number of nitrogens with zero attached hydrogens (tertiary/aromatic N) is 1. The van der Waals surface area contributed by atoms with Crippen molar-refractivity contribution in [2.45, 2.75) is 26.9 Å². The quantitative estimate of drug-likeness (QED) is 0.788. The van der Waals surface area contributed by atoms with Gasteiger partial charge in [-0.3, -0.25) is 9.59 Å². The van der Waals surface area contributed by atoms with Crippen LogP contribution in [0.2, 0.25) is 0 Å². The van der Waals surface area contributed by atoms with Crippen LogP contribution in [0.3, 0.4) is 0 Å². The number of benzene rings is 1. The minimum Gasteiger partial charge on any atom is -0.348 e. The zero-order valence-electron chi connectivity index (χ0n) is 13.4. The largest absolute Gasteiger partial charge is 0.348 e. The third-order valence-corrected chi connectivity index (χ3v) is 5.00. The van der Waals surface area contributed by atoms with Gasteiger partial charge in [-0.2, -0.15) is 0 Å². The number of hydrogen-bond acceptors (Lipinski definition) is 3. The number of fused-ring (bicyclic) bond motifs is 1. The number of carbonyl (C=O) groups excluding carboxylic acids is 1. The SMILES string of the molecule is CCn1ccc2sc(C)c(C(=O)NCc3ccc(F)cc3)c2c1=O. The number of pyridine rings is 1. The molecular weight excluding hydrogens is 327 g/mol. The van der Waals surface area contributed by atoms with Crippen LogP contribution in [-0.4, -0.2) is 10.5 Å². The molecule has 124 valence electrons. The molecular formula is C18H17FN2O2S. The Morgan fingerprint density at radius 3 is 2.62 bits per heavy atom. The summed E-state index contributed by atoms with van der Waals surface area (Å²) in [6, 6.07) is 7.82.